The lowest BCUT2D eigenvalue weighted by atomic mass is 10.3. The van der Waals surface area contributed by atoms with E-state index in [0.29, 0.717) is 6.54 Å². The number of ether oxygens (including phenoxy) is 1. The minimum absolute atomic E-state index is 0.0903. The highest BCUT2D eigenvalue weighted by Gasteiger charge is 2.03. The van der Waals surface area contributed by atoms with Crippen molar-refractivity contribution in [2.75, 3.05) is 0 Å². The van der Waals surface area contributed by atoms with Crippen molar-refractivity contribution < 1.29 is 9.53 Å². The molecule has 1 N–H and O–H groups in total. The van der Waals surface area contributed by atoms with Crippen molar-refractivity contribution in [2.45, 2.75) is 26.5 Å². The van der Waals surface area contributed by atoms with E-state index in [1.165, 1.54) is 0 Å². The van der Waals surface area contributed by atoms with Gasteiger partial charge in [0.15, 0.2) is 0 Å². The van der Waals surface area contributed by atoms with E-state index in [1.807, 2.05) is 26.0 Å². The number of hydrogen-bond acceptors (Lipinski definition) is 3. The van der Waals surface area contributed by atoms with E-state index in [4.69, 9.17) is 4.74 Å². The summed E-state index contributed by atoms with van der Waals surface area (Å²) in [6, 6.07) is 3.69. The van der Waals surface area contributed by atoms with E-state index >= 15 is 0 Å². The SMILES string of the molecule is CC(C)OC(=O)NCc1ccncc1. The fraction of sp³-hybridized carbons (Fsp3) is 0.400. The van der Waals surface area contributed by atoms with E-state index in [1.54, 1.807) is 12.4 Å². The van der Waals surface area contributed by atoms with Gasteiger partial charge in [0.25, 0.3) is 0 Å². The zero-order valence-corrected chi connectivity index (χ0v) is 8.36. The average molecular weight is 194 g/mol. The molecular weight excluding hydrogens is 180 g/mol. The Morgan fingerprint density at radius 3 is 2.71 bits per heavy atom. The van der Waals surface area contributed by atoms with Crippen LogP contribution in [0.3, 0.4) is 0 Å². The molecule has 4 heteroatoms. The van der Waals surface area contributed by atoms with Gasteiger partial charge in [-0.1, -0.05) is 0 Å². The first-order valence-electron chi connectivity index (χ1n) is 4.52. The van der Waals surface area contributed by atoms with Gasteiger partial charge < -0.3 is 10.1 Å². The van der Waals surface area contributed by atoms with Crippen LogP contribution in [-0.2, 0) is 11.3 Å². The second-order valence-corrected chi connectivity index (χ2v) is 3.16. The normalized spacial score (nSPS) is 9.93. The molecule has 0 aliphatic rings. The molecule has 0 aliphatic carbocycles. The number of hydrogen-bond donors (Lipinski definition) is 1. The minimum atomic E-state index is -0.392. The van der Waals surface area contributed by atoms with Gasteiger partial charge in [0, 0.05) is 18.9 Å². The van der Waals surface area contributed by atoms with Gasteiger partial charge in [0.2, 0.25) is 0 Å². The fourth-order valence-corrected chi connectivity index (χ4v) is 0.931. The summed E-state index contributed by atoms with van der Waals surface area (Å²) in [5.41, 5.74) is 1.00. The van der Waals surface area contributed by atoms with Crippen molar-refractivity contribution in [3.63, 3.8) is 0 Å². The third-order valence-electron chi connectivity index (χ3n) is 1.53. The molecule has 4 nitrogen and oxygen atoms in total. The van der Waals surface area contributed by atoms with Crippen LogP contribution in [-0.4, -0.2) is 17.2 Å². The Balaban J connectivity index is 2.31. The van der Waals surface area contributed by atoms with Crippen LogP contribution in [0.15, 0.2) is 24.5 Å². The number of nitrogens with zero attached hydrogens (tertiary/aromatic N) is 1. The molecule has 14 heavy (non-hydrogen) atoms. The highest BCUT2D eigenvalue weighted by atomic mass is 16.6. The van der Waals surface area contributed by atoms with E-state index in [9.17, 15) is 4.79 Å². The Kier molecular flexibility index (Phi) is 3.91. The standard InChI is InChI=1S/C10H14N2O2/c1-8(2)14-10(13)12-7-9-3-5-11-6-4-9/h3-6,8H,7H2,1-2H3,(H,12,13). The van der Waals surface area contributed by atoms with Crippen molar-refractivity contribution in [3.05, 3.63) is 30.1 Å². The lowest BCUT2D eigenvalue weighted by Gasteiger charge is -2.09. The predicted octanol–water partition coefficient (Wildman–Crippen LogP) is 1.72. The molecule has 1 aromatic heterocycles. The lowest BCUT2D eigenvalue weighted by molar-refractivity contribution is 0.115. The summed E-state index contributed by atoms with van der Waals surface area (Å²) >= 11 is 0. The highest BCUT2D eigenvalue weighted by Crippen LogP contribution is 1.96. The van der Waals surface area contributed by atoms with Crippen LogP contribution in [0, 0.1) is 0 Å². The van der Waals surface area contributed by atoms with Gasteiger partial charge >= 0.3 is 6.09 Å². The molecule has 0 fully saturated rings. The number of pyridine rings is 1. The number of aromatic nitrogens is 1. The third-order valence-corrected chi connectivity index (χ3v) is 1.53. The van der Waals surface area contributed by atoms with Crippen LogP contribution in [0.1, 0.15) is 19.4 Å². The molecule has 0 unspecified atom stereocenters. The smallest absolute Gasteiger partial charge is 0.407 e. The summed E-state index contributed by atoms with van der Waals surface area (Å²) in [6.45, 7) is 4.09. The van der Waals surface area contributed by atoms with Crippen LogP contribution in [0.25, 0.3) is 0 Å². The molecular formula is C10H14N2O2. The summed E-state index contributed by atoms with van der Waals surface area (Å²) in [6.07, 6.45) is 2.89. The quantitative estimate of drug-likeness (QED) is 0.797. The van der Waals surface area contributed by atoms with Crippen molar-refractivity contribution in [1.29, 1.82) is 0 Å². The van der Waals surface area contributed by atoms with Gasteiger partial charge in [-0.05, 0) is 31.5 Å². The molecule has 0 saturated heterocycles. The number of carbonyl (C=O) groups is 1. The first kappa shape index (κ1) is 10.5. The number of amides is 1. The zero-order valence-electron chi connectivity index (χ0n) is 8.36. The van der Waals surface area contributed by atoms with Crippen LogP contribution in [0.2, 0.25) is 0 Å². The molecule has 0 spiro atoms. The summed E-state index contributed by atoms with van der Waals surface area (Å²) < 4.78 is 4.91. The maximum absolute atomic E-state index is 11.1. The van der Waals surface area contributed by atoms with Crippen LogP contribution in [0.4, 0.5) is 4.79 Å². The van der Waals surface area contributed by atoms with E-state index < -0.39 is 6.09 Å². The van der Waals surface area contributed by atoms with Crippen molar-refractivity contribution in [3.8, 4) is 0 Å². The van der Waals surface area contributed by atoms with Crippen LogP contribution < -0.4 is 5.32 Å². The number of rotatable bonds is 3. The Bertz CT molecular complexity index is 285. The van der Waals surface area contributed by atoms with Gasteiger partial charge in [0.1, 0.15) is 0 Å². The zero-order chi connectivity index (χ0) is 10.4. The van der Waals surface area contributed by atoms with Crippen LogP contribution in [0.5, 0.6) is 0 Å². The molecule has 1 rings (SSSR count). The van der Waals surface area contributed by atoms with Gasteiger partial charge in [-0.3, -0.25) is 4.98 Å². The molecule has 0 radical (unpaired) electrons. The van der Waals surface area contributed by atoms with Gasteiger partial charge in [-0.15, -0.1) is 0 Å². The average Bonchev–Trinajstić information content (AvgIpc) is 2.15. The monoisotopic (exact) mass is 194 g/mol. The molecule has 1 amide bonds. The Labute approximate surface area is 83.3 Å². The Morgan fingerprint density at radius 2 is 2.14 bits per heavy atom. The molecule has 0 saturated carbocycles. The Morgan fingerprint density at radius 1 is 1.50 bits per heavy atom. The number of nitrogens with one attached hydrogen (secondary N) is 1. The molecule has 0 aliphatic heterocycles. The first-order chi connectivity index (χ1) is 6.68. The summed E-state index contributed by atoms with van der Waals surface area (Å²) in [4.78, 5) is 15.0. The maximum atomic E-state index is 11.1. The highest BCUT2D eigenvalue weighted by molar-refractivity contribution is 5.67. The molecule has 0 atom stereocenters. The van der Waals surface area contributed by atoms with Crippen LogP contribution >= 0.6 is 0 Å². The lowest BCUT2D eigenvalue weighted by Crippen LogP contribution is -2.26. The van der Waals surface area contributed by atoms with Crippen molar-refractivity contribution >= 4 is 6.09 Å². The van der Waals surface area contributed by atoms with Gasteiger partial charge in [-0.2, -0.15) is 0 Å². The van der Waals surface area contributed by atoms with E-state index in [-0.39, 0.29) is 6.10 Å². The van der Waals surface area contributed by atoms with Crippen molar-refractivity contribution in [2.24, 2.45) is 0 Å². The summed E-state index contributed by atoms with van der Waals surface area (Å²) in [5.74, 6) is 0. The predicted molar refractivity (Wildman–Crippen MR) is 52.7 cm³/mol. The molecule has 0 aromatic carbocycles. The fourth-order valence-electron chi connectivity index (χ4n) is 0.931. The molecule has 76 valence electrons. The number of alkyl carbamates (subject to hydrolysis) is 1. The third kappa shape index (κ3) is 3.89. The summed E-state index contributed by atoms with van der Waals surface area (Å²) in [5, 5.41) is 2.64. The minimum Gasteiger partial charge on any atom is -0.447 e. The number of carbonyl (C=O) groups excluding carboxylic acids is 1. The molecule has 1 heterocycles. The van der Waals surface area contributed by atoms with E-state index in [2.05, 4.69) is 10.3 Å². The second-order valence-electron chi connectivity index (χ2n) is 3.16. The van der Waals surface area contributed by atoms with Gasteiger partial charge in [-0.25, -0.2) is 4.79 Å². The Hall–Kier alpha value is -1.58. The molecule has 1 aromatic rings. The van der Waals surface area contributed by atoms with Gasteiger partial charge in [0.05, 0.1) is 6.10 Å². The largest absolute Gasteiger partial charge is 0.447 e. The first-order valence-corrected chi connectivity index (χ1v) is 4.52. The van der Waals surface area contributed by atoms with Crippen molar-refractivity contribution in [1.82, 2.24) is 10.3 Å². The maximum Gasteiger partial charge on any atom is 0.407 e. The van der Waals surface area contributed by atoms with E-state index in [0.717, 1.165) is 5.56 Å². The summed E-state index contributed by atoms with van der Waals surface area (Å²) in [7, 11) is 0. The topological polar surface area (TPSA) is 51.2 Å². The second kappa shape index (κ2) is 5.21. The molecule has 0 bridgehead atoms.